The zero-order valence-electron chi connectivity index (χ0n) is 15.6. The summed E-state index contributed by atoms with van der Waals surface area (Å²) in [7, 11) is -3.66. The number of morpholine rings is 1. The Bertz CT molecular complexity index is 1170. The van der Waals surface area contributed by atoms with Crippen LogP contribution >= 0.6 is 0 Å². The molecule has 2 heterocycles. The molecule has 0 atom stereocenters. The number of sulfonamides is 1. The van der Waals surface area contributed by atoms with Crippen LogP contribution in [0.1, 0.15) is 16.1 Å². The zero-order chi connectivity index (χ0) is 20.6. The smallest absolute Gasteiger partial charge is 0.291 e. The Morgan fingerprint density at radius 1 is 1.10 bits per heavy atom. The van der Waals surface area contributed by atoms with Gasteiger partial charge in [0.15, 0.2) is 5.76 Å². The van der Waals surface area contributed by atoms with Crippen molar-refractivity contribution in [1.29, 1.82) is 0 Å². The van der Waals surface area contributed by atoms with Gasteiger partial charge in [-0.3, -0.25) is 4.79 Å². The van der Waals surface area contributed by atoms with Gasteiger partial charge in [0.1, 0.15) is 11.4 Å². The molecule has 9 heteroatoms. The predicted molar refractivity (Wildman–Crippen MR) is 105 cm³/mol. The number of ether oxygens (including phenoxy) is 1. The number of halogens is 1. The third kappa shape index (κ3) is 3.76. The molecule has 0 aliphatic carbocycles. The first-order valence-electron chi connectivity index (χ1n) is 9.04. The number of furan rings is 1. The Kier molecular flexibility index (Phi) is 5.12. The summed E-state index contributed by atoms with van der Waals surface area (Å²) in [4.78, 5) is 12.7. The van der Waals surface area contributed by atoms with Crippen molar-refractivity contribution < 1.29 is 26.8 Å². The molecular weight excluding hydrogens is 399 g/mol. The summed E-state index contributed by atoms with van der Waals surface area (Å²) < 4.78 is 51.0. The van der Waals surface area contributed by atoms with Crippen LogP contribution in [0.2, 0.25) is 0 Å². The molecule has 1 aliphatic rings. The third-order valence-electron chi connectivity index (χ3n) is 4.82. The molecule has 7 nitrogen and oxygen atoms in total. The molecule has 0 unspecified atom stereocenters. The van der Waals surface area contributed by atoms with E-state index in [1.54, 1.807) is 13.0 Å². The summed E-state index contributed by atoms with van der Waals surface area (Å²) in [5, 5.41) is 3.19. The minimum absolute atomic E-state index is 0.0743. The molecule has 1 N–H and O–H groups in total. The number of nitrogens with zero attached hydrogens (tertiary/aromatic N) is 1. The van der Waals surface area contributed by atoms with E-state index in [-0.39, 0.29) is 10.7 Å². The van der Waals surface area contributed by atoms with Gasteiger partial charge in [-0.15, -0.1) is 0 Å². The van der Waals surface area contributed by atoms with Gasteiger partial charge < -0.3 is 14.5 Å². The van der Waals surface area contributed by atoms with Gasteiger partial charge >= 0.3 is 0 Å². The van der Waals surface area contributed by atoms with Gasteiger partial charge in [0.05, 0.1) is 18.1 Å². The van der Waals surface area contributed by atoms with Crippen LogP contribution in [0.4, 0.5) is 10.1 Å². The van der Waals surface area contributed by atoms with Crippen molar-refractivity contribution in [3.05, 3.63) is 59.6 Å². The van der Waals surface area contributed by atoms with Gasteiger partial charge in [-0.05, 0) is 49.4 Å². The molecule has 3 aromatic rings. The van der Waals surface area contributed by atoms with Crippen LogP contribution < -0.4 is 5.32 Å². The monoisotopic (exact) mass is 418 g/mol. The molecule has 0 saturated carbocycles. The quantitative estimate of drug-likeness (QED) is 0.703. The van der Waals surface area contributed by atoms with E-state index in [4.69, 9.17) is 9.15 Å². The maximum absolute atomic E-state index is 13.0. The average Bonchev–Trinajstić information content (AvgIpc) is 3.06. The third-order valence-corrected chi connectivity index (χ3v) is 6.72. The Labute approximate surface area is 167 Å². The zero-order valence-corrected chi connectivity index (χ0v) is 16.5. The molecule has 1 aromatic heterocycles. The van der Waals surface area contributed by atoms with E-state index in [0.717, 1.165) is 0 Å². The summed E-state index contributed by atoms with van der Waals surface area (Å²) in [6, 6.07) is 9.90. The minimum Gasteiger partial charge on any atom is -0.451 e. The first-order chi connectivity index (χ1) is 13.9. The average molecular weight is 418 g/mol. The standard InChI is InChI=1S/C20H19FN2O5S/c1-13-17-12-16(29(25,26)23-8-10-27-11-9-23)6-7-18(17)28-19(13)20(24)22-15-4-2-14(21)3-5-15/h2-7,12H,8-11H2,1H3,(H,22,24). The highest BCUT2D eigenvalue weighted by atomic mass is 32.2. The molecular formula is C20H19FN2O5S. The SMILES string of the molecule is Cc1c(C(=O)Nc2ccc(F)cc2)oc2ccc(S(=O)(=O)N3CCOCC3)cc12. The fourth-order valence-corrected chi connectivity index (χ4v) is 4.67. The first kappa shape index (κ1) is 19.6. The van der Waals surface area contributed by atoms with Crippen LogP contribution in [0, 0.1) is 12.7 Å². The molecule has 4 rings (SSSR count). The van der Waals surface area contributed by atoms with Gasteiger partial charge in [0.2, 0.25) is 10.0 Å². The van der Waals surface area contributed by atoms with Crippen LogP contribution in [0.25, 0.3) is 11.0 Å². The van der Waals surface area contributed by atoms with Gasteiger partial charge in [-0.1, -0.05) is 0 Å². The van der Waals surface area contributed by atoms with Crippen molar-refractivity contribution >= 4 is 32.6 Å². The lowest BCUT2D eigenvalue weighted by atomic mass is 10.1. The number of nitrogens with one attached hydrogen (secondary N) is 1. The van der Waals surface area contributed by atoms with E-state index in [1.165, 1.54) is 40.7 Å². The van der Waals surface area contributed by atoms with Crippen molar-refractivity contribution in [3.63, 3.8) is 0 Å². The van der Waals surface area contributed by atoms with Crippen LogP contribution in [0.5, 0.6) is 0 Å². The fourth-order valence-electron chi connectivity index (χ4n) is 3.23. The lowest BCUT2D eigenvalue weighted by molar-refractivity contribution is 0.0730. The number of amides is 1. The first-order valence-corrected chi connectivity index (χ1v) is 10.5. The second-order valence-corrected chi connectivity index (χ2v) is 8.63. The normalized spacial score (nSPS) is 15.5. The van der Waals surface area contributed by atoms with Crippen LogP contribution in [-0.4, -0.2) is 44.9 Å². The van der Waals surface area contributed by atoms with Crippen molar-refractivity contribution in [2.45, 2.75) is 11.8 Å². The molecule has 2 aromatic carbocycles. The van der Waals surface area contributed by atoms with Gasteiger partial charge in [0.25, 0.3) is 5.91 Å². The van der Waals surface area contributed by atoms with Crippen molar-refractivity contribution in [1.82, 2.24) is 4.31 Å². The summed E-state index contributed by atoms with van der Waals surface area (Å²) >= 11 is 0. The summed E-state index contributed by atoms with van der Waals surface area (Å²) in [6.07, 6.45) is 0. The Hall–Kier alpha value is -2.75. The largest absolute Gasteiger partial charge is 0.451 e. The number of benzene rings is 2. The summed E-state index contributed by atoms with van der Waals surface area (Å²) in [5.41, 5.74) is 1.36. The van der Waals surface area contributed by atoms with Crippen molar-refractivity contribution in [2.75, 3.05) is 31.6 Å². The number of carbonyl (C=O) groups is 1. The lowest BCUT2D eigenvalue weighted by Gasteiger charge is -2.26. The lowest BCUT2D eigenvalue weighted by Crippen LogP contribution is -2.40. The predicted octanol–water partition coefficient (Wildman–Crippen LogP) is 3.15. The highest BCUT2D eigenvalue weighted by molar-refractivity contribution is 7.89. The van der Waals surface area contributed by atoms with E-state index in [1.807, 2.05) is 0 Å². The molecule has 152 valence electrons. The van der Waals surface area contributed by atoms with Crippen LogP contribution in [0.15, 0.2) is 51.8 Å². The van der Waals surface area contributed by atoms with E-state index in [9.17, 15) is 17.6 Å². The molecule has 0 radical (unpaired) electrons. The van der Waals surface area contributed by atoms with E-state index < -0.39 is 21.7 Å². The second kappa shape index (κ2) is 7.58. The van der Waals surface area contributed by atoms with Gasteiger partial charge in [0, 0.05) is 29.7 Å². The number of carbonyl (C=O) groups excluding carboxylic acids is 1. The molecule has 29 heavy (non-hydrogen) atoms. The number of fused-ring (bicyclic) bond motifs is 1. The Morgan fingerprint density at radius 2 is 1.79 bits per heavy atom. The van der Waals surface area contributed by atoms with E-state index in [0.29, 0.717) is 48.5 Å². The molecule has 1 amide bonds. The second-order valence-electron chi connectivity index (χ2n) is 6.69. The summed E-state index contributed by atoms with van der Waals surface area (Å²) in [6.45, 7) is 3.02. The molecule has 1 aliphatic heterocycles. The fraction of sp³-hybridized carbons (Fsp3) is 0.250. The number of anilines is 1. The minimum atomic E-state index is -3.66. The maximum Gasteiger partial charge on any atom is 0.291 e. The topological polar surface area (TPSA) is 88.8 Å². The summed E-state index contributed by atoms with van der Waals surface area (Å²) in [5.74, 6) is -0.829. The Balaban J connectivity index is 1.65. The number of rotatable bonds is 4. The van der Waals surface area contributed by atoms with Crippen molar-refractivity contribution in [2.24, 2.45) is 0 Å². The van der Waals surface area contributed by atoms with Gasteiger partial charge in [-0.25, -0.2) is 12.8 Å². The number of hydrogen-bond acceptors (Lipinski definition) is 5. The molecule has 0 bridgehead atoms. The Morgan fingerprint density at radius 3 is 2.48 bits per heavy atom. The number of aryl methyl sites for hydroxylation is 1. The number of hydrogen-bond donors (Lipinski definition) is 1. The van der Waals surface area contributed by atoms with E-state index in [2.05, 4.69) is 5.32 Å². The molecule has 1 fully saturated rings. The highest BCUT2D eigenvalue weighted by Gasteiger charge is 2.27. The van der Waals surface area contributed by atoms with Crippen LogP contribution in [0.3, 0.4) is 0 Å². The maximum atomic E-state index is 13.0. The molecule has 1 saturated heterocycles. The van der Waals surface area contributed by atoms with Crippen molar-refractivity contribution in [3.8, 4) is 0 Å². The van der Waals surface area contributed by atoms with E-state index >= 15 is 0 Å². The molecule has 0 spiro atoms. The van der Waals surface area contributed by atoms with Crippen LogP contribution in [-0.2, 0) is 14.8 Å². The van der Waals surface area contributed by atoms with Gasteiger partial charge in [-0.2, -0.15) is 4.31 Å². The highest BCUT2D eigenvalue weighted by Crippen LogP contribution is 2.29.